The highest BCUT2D eigenvalue weighted by Gasteiger charge is 2.72. The van der Waals surface area contributed by atoms with Crippen LogP contribution in [0.4, 0.5) is 21.3 Å². The van der Waals surface area contributed by atoms with Gasteiger partial charge in [-0.1, -0.05) is 4.48 Å². The fraction of sp³-hybridized carbons (Fsp3) is 0. The maximum absolute atomic E-state index is 12.2. The average Bonchev–Trinajstić information content (AvgIpc) is 1.80. The van der Waals surface area contributed by atoms with Gasteiger partial charge in [-0.2, -0.15) is 0 Å². The molecule has 0 aliphatic carbocycles. The Bertz CT molecular complexity index is 269. The molecule has 1 aliphatic heterocycles. The lowest BCUT2D eigenvalue weighted by atomic mass is 13.7. The molecule has 0 saturated heterocycles. The Kier molecular flexibility index (Phi) is 2.54. The van der Waals surface area contributed by atoms with Gasteiger partial charge in [-0.05, 0) is 4.57 Å². The van der Waals surface area contributed by atoms with Gasteiger partial charge in [0, 0.05) is 8.39 Å². The highest BCUT2D eigenvalue weighted by molar-refractivity contribution is 7.81. The van der Waals surface area contributed by atoms with Crippen molar-refractivity contribution in [3.63, 3.8) is 0 Å². The van der Waals surface area contributed by atoms with Gasteiger partial charge in [-0.15, -0.1) is 8.39 Å². The molecular weight excluding hydrogens is 246 g/mol. The topological polar surface area (TPSA) is 44.7 Å². The summed E-state index contributed by atoms with van der Waals surface area (Å²) in [6.45, 7) is 0. The van der Waals surface area contributed by atoms with E-state index in [-0.39, 0.29) is 0 Å². The van der Waals surface area contributed by atoms with Crippen molar-refractivity contribution >= 4 is 24.1 Å². The fourth-order valence-electron chi connectivity index (χ4n) is 0.426. The number of nitrogens with zero attached hydrogens (tertiary/aromatic N) is 2. The molecule has 0 spiro atoms. The van der Waals surface area contributed by atoms with Crippen LogP contribution in [0.2, 0.25) is 0 Å². The first-order chi connectivity index (χ1) is 5.26. The van der Waals surface area contributed by atoms with Crippen LogP contribution in [0, 0.1) is 0 Å². The fourth-order valence-corrected chi connectivity index (χ4v) is 4.87. The maximum atomic E-state index is 12.2. The van der Waals surface area contributed by atoms with Gasteiger partial charge in [-0.25, -0.2) is 0 Å². The molecule has 12 heavy (non-hydrogen) atoms. The second-order valence-electron chi connectivity index (χ2n) is 1.64. The van der Waals surface area contributed by atoms with E-state index >= 15 is 0 Å². The van der Waals surface area contributed by atoms with Crippen molar-refractivity contribution in [1.29, 1.82) is 0 Å². The molecule has 0 amide bonds. The smallest absolute Gasteiger partial charge is 0.149 e. The van der Waals surface area contributed by atoms with Gasteiger partial charge >= 0.3 is 24.1 Å². The SMILES string of the molecule is O=[P+]1N=P(F)(F)N(F)[P+](F)(F)N1. The predicted molar refractivity (Wildman–Crippen MR) is 34.4 cm³/mol. The second-order valence-corrected chi connectivity index (χ2v) is 6.60. The van der Waals surface area contributed by atoms with E-state index in [0.717, 1.165) is 4.86 Å². The van der Waals surface area contributed by atoms with Crippen molar-refractivity contribution in [1.82, 2.24) is 9.52 Å². The molecule has 0 aromatic heterocycles. The van der Waals surface area contributed by atoms with Gasteiger partial charge < -0.3 is 0 Å². The predicted octanol–water partition coefficient (Wildman–Crippen LogP) is 3.94. The molecule has 0 aromatic carbocycles. The van der Waals surface area contributed by atoms with Crippen LogP contribution in [0.1, 0.15) is 0 Å². The zero-order chi connectivity index (χ0) is 9.57. The Balaban J connectivity index is 3.13. The molecule has 12 heteroatoms. The summed E-state index contributed by atoms with van der Waals surface area (Å²) in [6, 6.07) is 0. The molecule has 1 rings (SSSR count). The van der Waals surface area contributed by atoms with Crippen molar-refractivity contribution in [3.05, 3.63) is 0 Å². The summed E-state index contributed by atoms with van der Waals surface area (Å²) in [7, 11) is -14.9. The first-order valence-electron chi connectivity index (χ1n) is 2.27. The normalized spacial score (nSPS) is 31.2. The van der Waals surface area contributed by atoms with Crippen molar-refractivity contribution in [3.8, 4) is 0 Å². The lowest BCUT2D eigenvalue weighted by molar-refractivity contribution is 0.218. The van der Waals surface area contributed by atoms with Crippen LogP contribution in [0.25, 0.3) is 0 Å². The molecular formula is HF5N3OP3+2. The quantitative estimate of drug-likeness (QED) is 0.400. The Morgan fingerprint density at radius 2 is 2.00 bits per heavy atom. The number of hydrogen-bond acceptors (Lipinski definition) is 2. The van der Waals surface area contributed by atoms with E-state index in [2.05, 4.69) is 4.52 Å². The van der Waals surface area contributed by atoms with Gasteiger partial charge in [0.15, 0.2) is 4.66 Å². The third kappa shape index (κ3) is 1.80. The van der Waals surface area contributed by atoms with E-state index < -0.39 is 28.8 Å². The lowest BCUT2D eigenvalue weighted by Gasteiger charge is -2.09. The van der Waals surface area contributed by atoms with Crippen LogP contribution >= 0.6 is 24.1 Å². The monoisotopic (exact) mass is 247 g/mol. The molecule has 1 heterocycles. The zero-order valence-electron chi connectivity index (χ0n) is 5.03. The second kappa shape index (κ2) is 2.93. The van der Waals surface area contributed by atoms with Crippen LogP contribution in [0.15, 0.2) is 4.52 Å². The van der Waals surface area contributed by atoms with E-state index in [1.54, 1.807) is 0 Å². The standard InChI is InChI=1S/F5HN3OP3/c1-8-11(2,3)6-10(9)7-12(8,4)5/h(H,6,9)/q+2. The molecule has 4 nitrogen and oxygen atoms in total. The first kappa shape index (κ1) is 10.4. The molecule has 1 N–H and O–H groups in total. The third-order valence-corrected chi connectivity index (χ3v) is 6.09. The number of hydrogen-bond donors (Lipinski definition) is 1. The average molecular weight is 247 g/mol. The van der Waals surface area contributed by atoms with Crippen LogP contribution in [-0.2, 0) is 4.57 Å². The Morgan fingerprint density at radius 1 is 1.50 bits per heavy atom. The molecule has 0 fully saturated rings. The lowest BCUT2D eigenvalue weighted by Crippen LogP contribution is -2.14. The Hall–Kier alpha value is 0.330. The van der Waals surface area contributed by atoms with E-state index in [4.69, 9.17) is 0 Å². The summed E-state index contributed by atoms with van der Waals surface area (Å²) in [4.78, 5) is 0.880. The first-order valence-corrected chi connectivity index (χ1v) is 6.49. The molecule has 70 valence electrons. The van der Waals surface area contributed by atoms with Crippen LogP contribution in [0.5, 0.6) is 0 Å². The van der Waals surface area contributed by atoms with Gasteiger partial charge in [-0.3, -0.25) is 0 Å². The molecule has 0 bridgehead atoms. The summed E-state index contributed by atoms with van der Waals surface area (Å²) >= 11 is 0. The van der Waals surface area contributed by atoms with E-state index in [1.165, 1.54) is 0 Å². The van der Waals surface area contributed by atoms with Gasteiger partial charge in [0.05, 0.1) is 4.52 Å². The minimum atomic E-state index is -5.86. The van der Waals surface area contributed by atoms with Crippen LogP contribution in [-0.4, -0.2) is 4.66 Å². The largest absolute Gasteiger partial charge is 0.633 e. The maximum Gasteiger partial charge on any atom is 0.633 e. The van der Waals surface area contributed by atoms with Crippen molar-refractivity contribution < 1.29 is 25.8 Å². The molecule has 1 unspecified atom stereocenters. The zero-order valence-corrected chi connectivity index (χ0v) is 7.72. The van der Waals surface area contributed by atoms with Crippen molar-refractivity contribution in [2.24, 2.45) is 4.52 Å². The molecule has 1 atom stereocenters. The summed E-state index contributed by atoms with van der Waals surface area (Å²) in [5, 5.41) is 0. The van der Waals surface area contributed by atoms with E-state index in [9.17, 15) is 25.8 Å². The van der Waals surface area contributed by atoms with Crippen molar-refractivity contribution in [2.75, 3.05) is 0 Å². The van der Waals surface area contributed by atoms with Crippen molar-refractivity contribution in [2.45, 2.75) is 0 Å². The minimum absolute atomic E-state index is 0.880. The Morgan fingerprint density at radius 3 is 2.42 bits per heavy atom. The van der Waals surface area contributed by atoms with E-state index in [0.29, 0.717) is 0 Å². The molecule has 1 aliphatic rings. The van der Waals surface area contributed by atoms with Gasteiger partial charge in [0.2, 0.25) is 0 Å². The van der Waals surface area contributed by atoms with Gasteiger partial charge in [0.25, 0.3) is 0 Å². The summed E-state index contributed by atoms with van der Waals surface area (Å²) in [5.74, 6) is 0. The summed E-state index contributed by atoms with van der Waals surface area (Å²) < 4.78 is 71.2. The van der Waals surface area contributed by atoms with Crippen LogP contribution in [0.3, 0.4) is 0 Å². The molecule has 0 aromatic rings. The number of rotatable bonds is 0. The molecule has 0 saturated carbocycles. The third-order valence-electron chi connectivity index (χ3n) is 0.801. The highest BCUT2D eigenvalue weighted by Crippen LogP contribution is 2.82. The highest BCUT2D eigenvalue weighted by atomic mass is 31.3. The van der Waals surface area contributed by atoms with E-state index in [1.807, 2.05) is 0 Å². The molecule has 0 radical (unpaired) electrons. The minimum Gasteiger partial charge on any atom is -0.149 e. The van der Waals surface area contributed by atoms with Crippen LogP contribution < -0.4 is 4.86 Å². The van der Waals surface area contributed by atoms with Gasteiger partial charge in [0.1, 0.15) is 4.86 Å². The number of nitrogens with one attached hydrogen (secondary N) is 1. The summed E-state index contributed by atoms with van der Waals surface area (Å²) in [6.07, 6.45) is 0. The summed E-state index contributed by atoms with van der Waals surface area (Å²) in [5.41, 5.74) is 0. The number of halogens is 5. The Labute approximate surface area is 65.0 Å².